The molecule has 0 heterocycles. The Morgan fingerprint density at radius 2 is 1.90 bits per heavy atom. The summed E-state index contributed by atoms with van der Waals surface area (Å²) >= 11 is 5.84. The molecule has 3 heteroatoms. The Hall–Kier alpha value is -1.02. The largest absolute Gasteiger partial charge is 0.458 e. The molecule has 2 nitrogen and oxygen atoms in total. The second kappa shape index (κ2) is 6.62. The first-order chi connectivity index (χ1) is 9.47. The molecular formula is C17H23ClO2. The Labute approximate surface area is 126 Å². The van der Waals surface area contributed by atoms with Crippen molar-refractivity contribution < 1.29 is 9.53 Å². The first-order valence-electron chi connectivity index (χ1n) is 7.44. The Bertz CT molecular complexity index is 453. The summed E-state index contributed by atoms with van der Waals surface area (Å²) in [5, 5.41) is 0.632. The number of halogens is 1. The number of hydrogen-bond donors (Lipinski definition) is 0. The quantitative estimate of drug-likeness (QED) is 0.737. The van der Waals surface area contributed by atoms with Crippen molar-refractivity contribution in [1.29, 1.82) is 0 Å². The molecule has 1 aromatic carbocycles. The van der Waals surface area contributed by atoms with Crippen LogP contribution in [0.25, 0.3) is 0 Å². The molecule has 3 atom stereocenters. The van der Waals surface area contributed by atoms with E-state index >= 15 is 0 Å². The van der Waals surface area contributed by atoms with Crippen LogP contribution in [-0.4, -0.2) is 12.1 Å². The van der Waals surface area contributed by atoms with Gasteiger partial charge in [-0.1, -0.05) is 38.8 Å². The summed E-state index contributed by atoms with van der Waals surface area (Å²) in [6, 6.07) is 6.89. The van der Waals surface area contributed by atoms with E-state index in [-0.39, 0.29) is 12.1 Å². The van der Waals surface area contributed by atoms with Crippen LogP contribution >= 0.6 is 11.6 Å². The molecule has 0 amide bonds. The average molecular weight is 295 g/mol. The van der Waals surface area contributed by atoms with Gasteiger partial charge in [0.25, 0.3) is 0 Å². The van der Waals surface area contributed by atoms with Crippen molar-refractivity contribution in [3.8, 4) is 0 Å². The lowest BCUT2D eigenvalue weighted by molar-refractivity contribution is -0.0174. The third-order valence-corrected chi connectivity index (χ3v) is 4.55. The van der Waals surface area contributed by atoms with Crippen molar-refractivity contribution in [3.63, 3.8) is 0 Å². The third-order valence-electron chi connectivity index (χ3n) is 4.30. The smallest absolute Gasteiger partial charge is 0.338 e. The Balaban J connectivity index is 2.05. The van der Waals surface area contributed by atoms with Crippen LogP contribution in [-0.2, 0) is 4.74 Å². The summed E-state index contributed by atoms with van der Waals surface area (Å²) in [6.07, 6.45) is 3.40. The second-order valence-corrected chi connectivity index (χ2v) is 6.71. The fourth-order valence-electron chi connectivity index (χ4n) is 3.04. The zero-order chi connectivity index (χ0) is 14.7. The number of carbonyl (C=O) groups is 1. The molecule has 110 valence electrons. The molecule has 20 heavy (non-hydrogen) atoms. The number of rotatable bonds is 3. The van der Waals surface area contributed by atoms with Crippen LogP contribution in [0.15, 0.2) is 24.3 Å². The predicted molar refractivity (Wildman–Crippen MR) is 82.0 cm³/mol. The molecule has 0 N–H and O–H groups in total. The molecule has 1 aromatic rings. The molecule has 1 aliphatic carbocycles. The van der Waals surface area contributed by atoms with E-state index in [9.17, 15) is 4.79 Å². The number of esters is 1. The van der Waals surface area contributed by atoms with Gasteiger partial charge in [0.05, 0.1) is 5.56 Å². The van der Waals surface area contributed by atoms with E-state index in [4.69, 9.17) is 16.3 Å². The van der Waals surface area contributed by atoms with Gasteiger partial charge in [0, 0.05) is 5.02 Å². The van der Waals surface area contributed by atoms with Crippen molar-refractivity contribution in [1.82, 2.24) is 0 Å². The molecule has 0 aliphatic heterocycles. The lowest BCUT2D eigenvalue weighted by Crippen LogP contribution is -2.35. The highest BCUT2D eigenvalue weighted by Crippen LogP contribution is 2.35. The standard InChI is InChI=1S/C17H23ClO2/c1-11(2)15-9-4-12(3)10-16(15)20-17(19)13-5-7-14(18)8-6-13/h5-8,11-12,15-16H,4,9-10H2,1-3H3/t12-,15+,16+/m1/s1. The SMILES string of the molecule is CC(C)[C@@H]1CC[C@@H](C)C[C@@H]1OC(=O)c1ccc(Cl)cc1. The van der Waals surface area contributed by atoms with Crippen LogP contribution in [0.5, 0.6) is 0 Å². The van der Waals surface area contributed by atoms with Gasteiger partial charge in [-0.15, -0.1) is 0 Å². The summed E-state index contributed by atoms with van der Waals surface area (Å²) in [7, 11) is 0. The van der Waals surface area contributed by atoms with E-state index in [0.717, 1.165) is 12.8 Å². The molecule has 0 spiro atoms. The number of carbonyl (C=O) groups excluding carboxylic acids is 1. The molecular weight excluding hydrogens is 272 g/mol. The van der Waals surface area contributed by atoms with Crippen molar-refractivity contribution in [2.45, 2.75) is 46.1 Å². The number of ether oxygens (including phenoxy) is 1. The van der Waals surface area contributed by atoms with Crippen molar-refractivity contribution in [3.05, 3.63) is 34.9 Å². The maximum Gasteiger partial charge on any atom is 0.338 e. The maximum absolute atomic E-state index is 12.2. The molecule has 2 rings (SSSR count). The highest BCUT2D eigenvalue weighted by atomic mass is 35.5. The highest BCUT2D eigenvalue weighted by Gasteiger charge is 2.33. The molecule has 1 saturated carbocycles. The van der Waals surface area contributed by atoms with Gasteiger partial charge in [-0.25, -0.2) is 4.79 Å². The lowest BCUT2D eigenvalue weighted by atomic mass is 9.75. The minimum Gasteiger partial charge on any atom is -0.458 e. The monoisotopic (exact) mass is 294 g/mol. The van der Waals surface area contributed by atoms with Gasteiger partial charge in [-0.3, -0.25) is 0 Å². The third kappa shape index (κ3) is 3.76. The van der Waals surface area contributed by atoms with Gasteiger partial charge in [0.1, 0.15) is 6.10 Å². The molecule has 1 fully saturated rings. The summed E-state index contributed by atoms with van der Waals surface area (Å²) in [5.74, 6) is 1.42. The molecule has 0 radical (unpaired) electrons. The molecule has 1 aliphatic rings. The number of benzene rings is 1. The summed E-state index contributed by atoms with van der Waals surface area (Å²) in [5.41, 5.74) is 0.579. The van der Waals surface area contributed by atoms with Crippen molar-refractivity contribution in [2.24, 2.45) is 17.8 Å². The van der Waals surface area contributed by atoms with Gasteiger partial charge >= 0.3 is 5.97 Å². The number of hydrogen-bond acceptors (Lipinski definition) is 2. The van der Waals surface area contributed by atoms with Gasteiger partial charge in [-0.05, 0) is 54.9 Å². The second-order valence-electron chi connectivity index (χ2n) is 6.28. The summed E-state index contributed by atoms with van der Waals surface area (Å²) in [4.78, 5) is 12.2. The average Bonchev–Trinajstić information content (AvgIpc) is 2.39. The van der Waals surface area contributed by atoms with Crippen LogP contribution < -0.4 is 0 Å². The van der Waals surface area contributed by atoms with E-state index in [1.807, 2.05) is 0 Å². The minimum absolute atomic E-state index is 0.0435. The van der Waals surface area contributed by atoms with Crippen LogP contribution in [0.3, 0.4) is 0 Å². The van der Waals surface area contributed by atoms with Gasteiger partial charge in [-0.2, -0.15) is 0 Å². The van der Waals surface area contributed by atoms with E-state index in [2.05, 4.69) is 20.8 Å². The topological polar surface area (TPSA) is 26.3 Å². The van der Waals surface area contributed by atoms with Crippen LogP contribution in [0.4, 0.5) is 0 Å². The Morgan fingerprint density at radius 3 is 2.50 bits per heavy atom. The van der Waals surface area contributed by atoms with E-state index < -0.39 is 0 Å². The van der Waals surface area contributed by atoms with E-state index in [1.165, 1.54) is 6.42 Å². The summed E-state index contributed by atoms with van der Waals surface area (Å²) < 4.78 is 5.78. The fraction of sp³-hybridized carbons (Fsp3) is 0.588. The first-order valence-corrected chi connectivity index (χ1v) is 7.81. The molecule has 0 bridgehead atoms. The highest BCUT2D eigenvalue weighted by molar-refractivity contribution is 6.30. The van der Waals surface area contributed by atoms with Gasteiger partial charge < -0.3 is 4.74 Å². The van der Waals surface area contributed by atoms with Gasteiger partial charge in [0.2, 0.25) is 0 Å². The van der Waals surface area contributed by atoms with Crippen LogP contribution in [0.1, 0.15) is 50.4 Å². The first kappa shape index (κ1) is 15.4. The normalized spacial score (nSPS) is 26.6. The predicted octanol–water partition coefficient (Wildman–Crippen LogP) is 4.96. The van der Waals surface area contributed by atoms with Crippen molar-refractivity contribution in [2.75, 3.05) is 0 Å². The molecule has 0 unspecified atom stereocenters. The van der Waals surface area contributed by atoms with E-state index in [0.29, 0.717) is 28.3 Å². The van der Waals surface area contributed by atoms with E-state index in [1.54, 1.807) is 24.3 Å². The van der Waals surface area contributed by atoms with Crippen LogP contribution in [0.2, 0.25) is 5.02 Å². The fourth-order valence-corrected chi connectivity index (χ4v) is 3.17. The maximum atomic E-state index is 12.2. The lowest BCUT2D eigenvalue weighted by Gasteiger charge is -2.36. The summed E-state index contributed by atoms with van der Waals surface area (Å²) in [6.45, 7) is 6.66. The van der Waals surface area contributed by atoms with Gasteiger partial charge in [0.15, 0.2) is 0 Å². The molecule has 0 aromatic heterocycles. The minimum atomic E-state index is -0.230. The zero-order valence-corrected chi connectivity index (χ0v) is 13.2. The Kier molecular flexibility index (Phi) is 5.09. The zero-order valence-electron chi connectivity index (χ0n) is 12.4. The Morgan fingerprint density at radius 1 is 1.25 bits per heavy atom. The molecule has 0 saturated heterocycles. The van der Waals surface area contributed by atoms with Crippen LogP contribution in [0, 0.1) is 17.8 Å². The van der Waals surface area contributed by atoms with Crippen molar-refractivity contribution >= 4 is 17.6 Å².